The van der Waals surface area contributed by atoms with E-state index in [1.54, 1.807) is 18.2 Å². The molecule has 4 N–H and O–H groups in total. The molecule has 0 atom stereocenters. The molecule has 0 bridgehead atoms. The van der Waals surface area contributed by atoms with Crippen molar-refractivity contribution in [3.63, 3.8) is 0 Å². The molecule has 4 nitrogen and oxygen atoms in total. The normalized spacial score (nSPS) is 9.09. The first-order chi connectivity index (χ1) is 5.25. The van der Waals surface area contributed by atoms with Crippen LogP contribution in [0.4, 0.5) is 11.4 Å². The van der Waals surface area contributed by atoms with Crippen LogP contribution in [0.3, 0.4) is 0 Å². The van der Waals surface area contributed by atoms with Gasteiger partial charge in [0.1, 0.15) is 0 Å². The van der Waals surface area contributed by atoms with Crippen LogP contribution in [0.25, 0.3) is 0 Å². The standard InChI is InChI=1S/C7H7N2O2/c8-5-2-1-3-6(9)7(5)11-4-10/h1-3H,8-9H2. The SMILES string of the molecule is Nc1cccc(N)c1O[C]=O. The van der Waals surface area contributed by atoms with E-state index in [4.69, 9.17) is 11.5 Å². The van der Waals surface area contributed by atoms with Gasteiger partial charge in [0, 0.05) is 0 Å². The Morgan fingerprint density at radius 3 is 2.27 bits per heavy atom. The zero-order chi connectivity index (χ0) is 8.27. The predicted molar refractivity (Wildman–Crippen MR) is 41.6 cm³/mol. The van der Waals surface area contributed by atoms with E-state index in [0.717, 1.165) is 0 Å². The van der Waals surface area contributed by atoms with Gasteiger partial charge in [-0.05, 0) is 12.1 Å². The molecule has 0 unspecified atom stereocenters. The maximum Gasteiger partial charge on any atom is 0.423 e. The maximum atomic E-state index is 9.82. The third-order valence-corrected chi connectivity index (χ3v) is 1.22. The second kappa shape index (κ2) is 2.92. The zero-order valence-corrected chi connectivity index (χ0v) is 5.70. The van der Waals surface area contributed by atoms with E-state index >= 15 is 0 Å². The number of carbonyl (C=O) groups excluding carboxylic acids is 1. The van der Waals surface area contributed by atoms with E-state index in [2.05, 4.69) is 4.74 Å². The van der Waals surface area contributed by atoms with Crippen LogP contribution < -0.4 is 16.2 Å². The molecule has 0 aromatic heterocycles. The van der Waals surface area contributed by atoms with Gasteiger partial charge in [-0.15, -0.1) is 0 Å². The topological polar surface area (TPSA) is 78.3 Å². The molecular weight excluding hydrogens is 144 g/mol. The molecule has 0 aliphatic rings. The van der Waals surface area contributed by atoms with Gasteiger partial charge >= 0.3 is 6.47 Å². The molecule has 1 radical (unpaired) electrons. The molecule has 1 rings (SSSR count). The van der Waals surface area contributed by atoms with Crippen molar-refractivity contribution in [1.82, 2.24) is 0 Å². The third kappa shape index (κ3) is 1.40. The first-order valence-corrected chi connectivity index (χ1v) is 2.93. The Morgan fingerprint density at radius 2 is 1.82 bits per heavy atom. The van der Waals surface area contributed by atoms with Gasteiger partial charge in [-0.1, -0.05) is 6.07 Å². The lowest BCUT2D eigenvalue weighted by molar-refractivity contribution is 0.445. The van der Waals surface area contributed by atoms with Crippen molar-refractivity contribution < 1.29 is 9.53 Å². The average molecular weight is 151 g/mol. The molecule has 0 heterocycles. The monoisotopic (exact) mass is 151 g/mol. The Labute approximate surface area is 63.8 Å². The second-order valence-electron chi connectivity index (χ2n) is 1.95. The van der Waals surface area contributed by atoms with Crippen molar-refractivity contribution in [1.29, 1.82) is 0 Å². The highest BCUT2D eigenvalue weighted by Crippen LogP contribution is 2.27. The van der Waals surface area contributed by atoms with Crippen LogP contribution in [-0.2, 0) is 4.79 Å². The Balaban J connectivity index is 3.09. The van der Waals surface area contributed by atoms with Crippen molar-refractivity contribution in [2.45, 2.75) is 0 Å². The largest absolute Gasteiger partial charge is 0.423 e. The summed E-state index contributed by atoms with van der Waals surface area (Å²) < 4.78 is 4.41. The smallest absolute Gasteiger partial charge is 0.414 e. The van der Waals surface area contributed by atoms with Crippen molar-refractivity contribution in [2.75, 3.05) is 11.5 Å². The van der Waals surface area contributed by atoms with Crippen molar-refractivity contribution in [2.24, 2.45) is 0 Å². The molecule has 0 saturated heterocycles. The van der Waals surface area contributed by atoms with Gasteiger partial charge in [-0.3, -0.25) is 0 Å². The van der Waals surface area contributed by atoms with Crippen LogP contribution in [0.2, 0.25) is 0 Å². The lowest BCUT2D eigenvalue weighted by Gasteiger charge is -2.03. The van der Waals surface area contributed by atoms with Crippen molar-refractivity contribution in [3.05, 3.63) is 18.2 Å². The summed E-state index contributed by atoms with van der Waals surface area (Å²) in [6.45, 7) is 1.26. The average Bonchev–Trinajstić information content (AvgIpc) is 1.97. The highest BCUT2D eigenvalue weighted by atomic mass is 16.5. The quantitative estimate of drug-likeness (QED) is 0.596. The summed E-state index contributed by atoms with van der Waals surface area (Å²) in [6, 6.07) is 4.84. The minimum Gasteiger partial charge on any atom is -0.414 e. The molecule has 0 saturated carbocycles. The fourth-order valence-corrected chi connectivity index (χ4v) is 0.733. The first-order valence-electron chi connectivity index (χ1n) is 2.93. The predicted octanol–water partition coefficient (Wildman–Crippen LogP) is 0.297. The summed E-state index contributed by atoms with van der Waals surface area (Å²) in [5, 5.41) is 0. The summed E-state index contributed by atoms with van der Waals surface area (Å²) in [4.78, 5) is 9.82. The minimum absolute atomic E-state index is 0.169. The Bertz CT molecular complexity index is 253. The molecular formula is C7H7N2O2. The number of hydrogen-bond acceptors (Lipinski definition) is 4. The highest BCUT2D eigenvalue weighted by molar-refractivity contribution is 5.70. The molecule has 1 aromatic carbocycles. The van der Waals surface area contributed by atoms with Gasteiger partial charge in [0.15, 0.2) is 5.75 Å². The van der Waals surface area contributed by atoms with E-state index in [1.807, 2.05) is 0 Å². The van der Waals surface area contributed by atoms with Gasteiger partial charge < -0.3 is 16.2 Å². The number of rotatable bonds is 2. The highest BCUT2D eigenvalue weighted by Gasteiger charge is 2.03. The number of benzene rings is 1. The summed E-state index contributed by atoms with van der Waals surface area (Å²) in [5.74, 6) is 0.169. The zero-order valence-electron chi connectivity index (χ0n) is 5.70. The molecule has 0 aliphatic heterocycles. The van der Waals surface area contributed by atoms with E-state index < -0.39 is 0 Å². The summed E-state index contributed by atoms with van der Waals surface area (Å²) in [5.41, 5.74) is 11.5. The second-order valence-corrected chi connectivity index (χ2v) is 1.95. The maximum absolute atomic E-state index is 9.82. The third-order valence-electron chi connectivity index (χ3n) is 1.22. The van der Waals surface area contributed by atoms with Gasteiger partial charge in [0.05, 0.1) is 11.4 Å². The van der Waals surface area contributed by atoms with Gasteiger partial charge in [-0.25, -0.2) is 4.79 Å². The van der Waals surface area contributed by atoms with Crippen LogP contribution in [0.1, 0.15) is 0 Å². The van der Waals surface area contributed by atoms with Crippen LogP contribution >= 0.6 is 0 Å². The lowest BCUT2D eigenvalue weighted by atomic mass is 10.2. The Morgan fingerprint density at radius 1 is 1.27 bits per heavy atom. The minimum atomic E-state index is 0.169. The van der Waals surface area contributed by atoms with Crippen LogP contribution in [0.15, 0.2) is 18.2 Å². The number of anilines is 2. The fraction of sp³-hybridized carbons (Fsp3) is 0. The number of para-hydroxylation sites is 1. The lowest BCUT2D eigenvalue weighted by Crippen LogP contribution is -1.98. The van der Waals surface area contributed by atoms with Crippen LogP contribution in [0.5, 0.6) is 5.75 Å². The number of ether oxygens (including phenoxy) is 1. The molecule has 0 fully saturated rings. The summed E-state index contributed by atoms with van der Waals surface area (Å²) in [6.07, 6.45) is 0. The van der Waals surface area contributed by atoms with E-state index in [-0.39, 0.29) is 5.75 Å². The molecule has 4 heteroatoms. The van der Waals surface area contributed by atoms with E-state index in [0.29, 0.717) is 11.4 Å². The molecule has 0 spiro atoms. The number of nitrogens with two attached hydrogens (primary N) is 2. The first kappa shape index (κ1) is 7.40. The van der Waals surface area contributed by atoms with Gasteiger partial charge in [0.25, 0.3) is 0 Å². The Kier molecular flexibility index (Phi) is 1.96. The van der Waals surface area contributed by atoms with E-state index in [9.17, 15) is 4.79 Å². The molecule has 57 valence electrons. The van der Waals surface area contributed by atoms with Gasteiger partial charge in [0.2, 0.25) is 0 Å². The Hall–Kier alpha value is -1.71. The van der Waals surface area contributed by atoms with Crippen LogP contribution in [0, 0.1) is 0 Å². The molecule has 11 heavy (non-hydrogen) atoms. The van der Waals surface area contributed by atoms with Crippen LogP contribution in [-0.4, -0.2) is 6.47 Å². The summed E-state index contributed by atoms with van der Waals surface area (Å²) >= 11 is 0. The molecule has 0 amide bonds. The van der Waals surface area contributed by atoms with Crippen molar-refractivity contribution in [3.8, 4) is 5.75 Å². The number of hydrogen-bond donors (Lipinski definition) is 2. The fourth-order valence-electron chi connectivity index (χ4n) is 0.733. The summed E-state index contributed by atoms with van der Waals surface area (Å²) in [7, 11) is 0. The van der Waals surface area contributed by atoms with Gasteiger partial charge in [-0.2, -0.15) is 0 Å². The molecule has 0 aliphatic carbocycles. The van der Waals surface area contributed by atoms with Crippen molar-refractivity contribution >= 4 is 17.8 Å². The van der Waals surface area contributed by atoms with E-state index in [1.165, 1.54) is 6.47 Å². The molecule has 1 aromatic rings. The number of nitrogen functional groups attached to an aromatic ring is 2.